The van der Waals surface area contributed by atoms with E-state index < -0.39 is 36.7 Å². The minimum atomic E-state index is -5.07. The highest BCUT2D eigenvalue weighted by molar-refractivity contribution is 5.92. The van der Waals surface area contributed by atoms with Gasteiger partial charge in [0.25, 0.3) is 11.6 Å². The van der Waals surface area contributed by atoms with Gasteiger partial charge in [-0.15, -0.1) is 0 Å². The summed E-state index contributed by atoms with van der Waals surface area (Å²) >= 11 is 0. The minimum Gasteiger partial charge on any atom is -0.484 e. The SMILES string of the molecule is CC(C)C1=NN(C(=O)COc2ccc(F)cc2)[C@@](O)(C(F)(F)F)C1. The summed E-state index contributed by atoms with van der Waals surface area (Å²) in [6.45, 7) is 2.44. The lowest BCUT2D eigenvalue weighted by Crippen LogP contribution is -2.57. The summed E-state index contributed by atoms with van der Waals surface area (Å²) in [5.74, 6) is -1.94. The number of ether oxygens (including phenoxy) is 1. The zero-order valence-electron chi connectivity index (χ0n) is 13.0. The molecule has 0 aliphatic carbocycles. The van der Waals surface area contributed by atoms with Gasteiger partial charge in [-0.3, -0.25) is 4.79 Å². The second-order valence-electron chi connectivity index (χ2n) is 5.69. The molecule has 0 aromatic heterocycles. The van der Waals surface area contributed by atoms with Crippen LogP contribution in [0.2, 0.25) is 0 Å². The highest BCUT2D eigenvalue weighted by Crippen LogP contribution is 2.41. The smallest absolute Gasteiger partial charge is 0.438 e. The summed E-state index contributed by atoms with van der Waals surface area (Å²) in [4.78, 5) is 12.1. The van der Waals surface area contributed by atoms with Crippen molar-refractivity contribution in [2.45, 2.75) is 32.2 Å². The molecule has 1 aromatic rings. The predicted molar refractivity (Wildman–Crippen MR) is 76.6 cm³/mol. The Balaban J connectivity index is 2.16. The summed E-state index contributed by atoms with van der Waals surface area (Å²) in [6, 6.07) is 4.62. The Morgan fingerprint density at radius 2 is 1.96 bits per heavy atom. The molecule has 1 atom stereocenters. The quantitative estimate of drug-likeness (QED) is 0.851. The number of hydrogen-bond acceptors (Lipinski definition) is 4. The first-order chi connectivity index (χ1) is 11.0. The fourth-order valence-electron chi connectivity index (χ4n) is 2.11. The van der Waals surface area contributed by atoms with E-state index in [1.165, 1.54) is 12.1 Å². The largest absolute Gasteiger partial charge is 0.484 e. The molecular weight excluding hydrogens is 332 g/mol. The molecule has 1 N–H and O–H groups in total. The van der Waals surface area contributed by atoms with Crippen LogP contribution in [0.4, 0.5) is 17.6 Å². The highest BCUT2D eigenvalue weighted by atomic mass is 19.4. The number of carbonyl (C=O) groups is 1. The van der Waals surface area contributed by atoms with Gasteiger partial charge in [0, 0.05) is 12.1 Å². The first-order valence-corrected chi connectivity index (χ1v) is 7.12. The molecule has 0 fully saturated rings. The number of alkyl halides is 3. The molecule has 24 heavy (non-hydrogen) atoms. The van der Waals surface area contributed by atoms with Crippen LogP contribution < -0.4 is 4.74 Å². The van der Waals surface area contributed by atoms with Crippen molar-refractivity contribution in [2.24, 2.45) is 11.0 Å². The van der Waals surface area contributed by atoms with Gasteiger partial charge < -0.3 is 9.84 Å². The number of hydrazone groups is 1. The number of nitrogens with zero attached hydrogens (tertiary/aromatic N) is 2. The van der Waals surface area contributed by atoms with Gasteiger partial charge in [-0.05, 0) is 30.2 Å². The van der Waals surface area contributed by atoms with Crippen LogP contribution in [-0.4, -0.2) is 40.2 Å². The minimum absolute atomic E-state index is 0.0197. The third-order valence-corrected chi connectivity index (χ3v) is 3.54. The molecule has 1 aliphatic rings. The molecule has 0 spiro atoms. The van der Waals surface area contributed by atoms with Crippen LogP contribution in [0.1, 0.15) is 20.3 Å². The van der Waals surface area contributed by atoms with Crippen molar-refractivity contribution in [2.75, 3.05) is 6.61 Å². The van der Waals surface area contributed by atoms with Gasteiger partial charge in [-0.2, -0.15) is 23.3 Å². The van der Waals surface area contributed by atoms with E-state index in [9.17, 15) is 27.5 Å². The molecular formula is C15H16F4N2O3. The fourth-order valence-corrected chi connectivity index (χ4v) is 2.11. The Bertz CT molecular complexity index is 643. The lowest BCUT2D eigenvalue weighted by Gasteiger charge is -2.32. The number of rotatable bonds is 4. The predicted octanol–water partition coefficient (Wildman–Crippen LogP) is 2.70. The van der Waals surface area contributed by atoms with E-state index in [2.05, 4.69) is 5.10 Å². The molecule has 1 aliphatic heterocycles. The summed E-state index contributed by atoms with van der Waals surface area (Å²) in [7, 11) is 0. The molecule has 1 heterocycles. The second kappa shape index (κ2) is 6.39. The Labute approximate surface area is 135 Å². The topological polar surface area (TPSA) is 62.1 Å². The lowest BCUT2D eigenvalue weighted by molar-refractivity contribution is -0.302. The first-order valence-electron chi connectivity index (χ1n) is 7.12. The van der Waals surface area contributed by atoms with E-state index in [0.717, 1.165) is 12.1 Å². The maximum atomic E-state index is 13.2. The zero-order chi connectivity index (χ0) is 18.1. The van der Waals surface area contributed by atoms with E-state index in [0.29, 0.717) is 0 Å². The number of hydrogen-bond donors (Lipinski definition) is 1. The van der Waals surface area contributed by atoms with Crippen molar-refractivity contribution < 1.29 is 32.2 Å². The van der Waals surface area contributed by atoms with E-state index in [4.69, 9.17) is 4.74 Å². The van der Waals surface area contributed by atoms with Crippen molar-refractivity contribution in [3.05, 3.63) is 30.1 Å². The normalized spacial score (nSPS) is 21.2. The van der Waals surface area contributed by atoms with Crippen molar-refractivity contribution in [1.29, 1.82) is 0 Å². The second-order valence-corrected chi connectivity index (χ2v) is 5.69. The Morgan fingerprint density at radius 1 is 1.38 bits per heavy atom. The molecule has 0 radical (unpaired) electrons. The molecule has 9 heteroatoms. The zero-order valence-corrected chi connectivity index (χ0v) is 13.0. The van der Waals surface area contributed by atoms with Crippen LogP contribution in [0.5, 0.6) is 5.75 Å². The van der Waals surface area contributed by atoms with E-state index in [1.807, 2.05) is 0 Å². The molecule has 0 saturated carbocycles. The van der Waals surface area contributed by atoms with Crippen molar-refractivity contribution in [3.8, 4) is 5.75 Å². The molecule has 1 aromatic carbocycles. The summed E-state index contributed by atoms with van der Waals surface area (Å²) in [5, 5.41) is 13.6. The number of carbonyl (C=O) groups excluding carboxylic acids is 1. The van der Waals surface area contributed by atoms with Crippen LogP contribution in [0.25, 0.3) is 0 Å². The lowest BCUT2D eigenvalue weighted by atomic mass is 9.99. The Morgan fingerprint density at radius 3 is 2.46 bits per heavy atom. The average Bonchev–Trinajstić information content (AvgIpc) is 2.86. The third-order valence-electron chi connectivity index (χ3n) is 3.54. The van der Waals surface area contributed by atoms with Gasteiger partial charge in [0.05, 0.1) is 0 Å². The summed E-state index contributed by atoms with van der Waals surface area (Å²) in [5.41, 5.74) is -3.33. The maximum Gasteiger partial charge on any atom is 0.438 e. The van der Waals surface area contributed by atoms with Gasteiger partial charge in [-0.25, -0.2) is 4.39 Å². The Hall–Kier alpha value is -2.16. The Kier molecular flexibility index (Phi) is 4.84. The van der Waals surface area contributed by atoms with Gasteiger partial charge >= 0.3 is 6.18 Å². The van der Waals surface area contributed by atoms with E-state index >= 15 is 0 Å². The van der Waals surface area contributed by atoms with Crippen molar-refractivity contribution >= 4 is 11.6 Å². The number of halogens is 4. The van der Waals surface area contributed by atoms with Crippen LogP contribution in [-0.2, 0) is 4.79 Å². The van der Waals surface area contributed by atoms with Gasteiger partial charge in [0.15, 0.2) is 6.61 Å². The van der Waals surface area contributed by atoms with Gasteiger partial charge in [0.2, 0.25) is 0 Å². The van der Waals surface area contributed by atoms with Crippen LogP contribution in [0, 0.1) is 11.7 Å². The standard InChI is InChI=1S/C15H16F4N2O3/c1-9(2)12-7-14(23,15(17,18)19)21(20-12)13(22)8-24-11-5-3-10(16)4-6-11/h3-6,9,23H,7-8H2,1-2H3/t14-/m0/s1. The van der Waals surface area contributed by atoms with E-state index in [-0.39, 0.29) is 22.4 Å². The first kappa shape index (κ1) is 18.2. The highest BCUT2D eigenvalue weighted by Gasteiger charge is 2.63. The number of benzene rings is 1. The van der Waals surface area contributed by atoms with Crippen molar-refractivity contribution in [3.63, 3.8) is 0 Å². The summed E-state index contributed by atoms with van der Waals surface area (Å²) < 4.78 is 57.4. The third kappa shape index (κ3) is 3.50. The monoisotopic (exact) mass is 348 g/mol. The number of amides is 1. The molecule has 5 nitrogen and oxygen atoms in total. The van der Waals surface area contributed by atoms with Crippen LogP contribution in [0.15, 0.2) is 29.4 Å². The van der Waals surface area contributed by atoms with Gasteiger partial charge in [-0.1, -0.05) is 13.8 Å². The molecule has 0 bridgehead atoms. The van der Waals surface area contributed by atoms with Crippen molar-refractivity contribution in [1.82, 2.24) is 5.01 Å². The fraction of sp³-hybridized carbons (Fsp3) is 0.467. The molecule has 0 unspecified atom stereocenters. The average molecular weight is 348 g/mol. The number of aliphatic hydroxyl groups is 1. The maximum absolute atomic E-state index is 13.2. The summed E-state index contributed by atoms with van der Waals surface area (Å²) in [6.07, 6.45) is -5.88. The molecule has 132 valence electrons. The molecule has 1 amide bonds. The van der Waals surface area contributed by atoms with Crippen LogP contribution >= 0.6 is 0 Å². The van der Waals surface area contributed by atoms with Gasteiger partial charge in [0.1, 0.15) is 11.6 Å². The van der Waals surface area contributed by atoms with E-state index in [1.54, 1.807) is 13.8 Å². The van der Waals surface area contributed by atoms with Crippen LogP contribution in [0.3, 0.4) is 0 Å². The molecule has 0 saturated heterocycles. The molecule has 2 rings (SSSR count).